The number of hydrogen-bond donors (Lipinski definition) is 2. The normalized spacial score (nSPS) is 25.7. The molecule has 0 bridgehead atoms. The number of carbonyl (C=O) groups is 1. The SMILES string of the molecule is CC1=C(C(=O)O)C[C@H](S(=O)(=O)O)C1(C)C. The maximum atomic E-state index is 11.1. The molecule has 0 aromatic heterocycles. The summed E-state index contributed by atoms with van der Waals surface area (Å²) in [4.78, 5) is 10.8. The zero-order valence-electron chi connectivity index (χ0n) is 8.81. The van der Waals surface area contributed by atoms with Crippen molar-refractivity contribution in [2.24, 2.45) is 5.41 Å². The van der Waals surface area contributed by atoms with Crippen molar-refractivity contribution in [2.45, 2.75) is 32.4 Å². The van der Waals surface area contributed by atoms with Crippen molar-refractivity contribution in [1.82, 2.24) is 0 Å². The van der Waals surface area contributed by atoms with Gasteiger partial charge in [-0.25, -0.2) is 4.79 Å². The second kappa shape index (κ2) is 3.31. The molecule has 86 valence electrons. The Kier molecular flexibility index (Phi) is 2.69. The van der Waals surface area contributed by atoms with Gasteiger partial charge in [-0.3, -0.25) is 4.55 Å². The number of rotatable bonds is 2. The third-order valence-corrected chi connectivity index (χ3v) is 4.71. The van der Waals surface area contributed by atoms with Gasteiger partial charge in [-0.15, -0.1) is 0 Å². The average Bonchev–Trinajstić information content (AvgIpc) is 2.22. The second-order valence-electron chi connectivity index (χ2n) is 4.34. The molecule has 1 aliphatic rings. The molecule has 0 aromatic carbocycles. The van der Waals surface area contributed by atoms with Crippen LogP contribution in [0.15, 0.2) is 11.1 Å². The predicted molar refractivity (Wildman–Crippen MR) is 54.1 cm³/mol. The topological polar surface area (TPSA) is 91.7 Å². The molecule has 1 atom stereocenters. The minimum absolute atomic E-state index is 0.0858. The Labute approximate surface area is 88.5 Å². The van der Waals surface area contributed by atoms with Crippen LogP contribution in [-0.2, 0) is 14.9 Å². The van der Waals surface area contributed by atoms with Crippen molar-refractivity contribution in [2.75, 3.05) is 0 Å². The number of carboxylic acid groups (broad SMARTS) is 1. The number of aliphatic carboxylic acids is 1. The molecule has 0 fully saturated rings. The Balaban J connectivity index is 3.25. The molecule has 0 aromatic rings. The molecule has 0 heterocycles. The van der Waals surface area contributed by atoms with E-state index in [1.807, 2.05) is 0 Å². The van der Waals surface area contributed by atoms with Crippen molar-refractivity contribution in [3.63, 3.8) is 0 Å². The third kappa shape index (κ3) is 1.91. The lowest BCUT2D eigenvalue weighted by atomic mass is 9.86. The van der Waals surface area contributed by atoms with Gasteiger partial charge >= 0.3 is 5.97 Å². The smallest absolute Gasteiger partial charge is 0.331 e. The summed E-state index contributed by atoms with van der Waals surface area (Å²) in [6.45, 7) is 4.84. The number of hydrogen-bond acceptors (Lipinski definition) is 3. The van der Waals surface area contributed by atoms with Crippen LogP contribution < -0.4 is 0 Å². The van der Waals surface area contributed by atoms with E-state index in [-0.39, 0.29) is 12.0 Å². The summed E-state index contributed by atoms with van der Waals surface area (Å²) < 4.78 is 31.2. The van der Waals surface area contributed by atoms with Gasteiger partial charge in [0.05, 0.1) is 5.25 Å². The molecule has 5 nitrogen and oxygen atoms in total. The van der Waals surface area contributed by atoms with Gasteiger partial charge in [-0.1, -0.05) is 19.4 Å². The van der Waals surface area contributed by atoms with Gasteiger partial charge in [0.25, 0.3) is 10.1 Å². The lowest BCUT2D eigenvalue weighted by molar-refractivity contribution is -0.132. The Hall–Kier alpha value is -0.880. The van der Waals surface area contributed by atoms with Crippen LogP contribution >= 0.6 is 0 Å². The molecular formula is C9H14O5S. The van der Waals surface area contributed by atoms with Gasteiger partial charge in [-0.2, -0.15) is 8.42 Å². The second-order valence-corrected chi connectivity index (χ2v) is 5.94. The van der Waals surface area contributed by atoms with Crippen molar-refractivity contribution < 1.29 is 22.9 Å². The molecule has 0 unspecified atom stereocenters. The minimum atomic E-state index is -4.21. The van der Waals surface area contributed by atoms with E-state index in [4.69, 9.17) is 9.66 Å². The summed E-state index contributed by atoms with van der Waals surface area (Å²) in [6.07, 6.45) is -0.132. The zero-order valence-corrected chi connectivity index (χ0v) is 9.63. The summed E-state index contributed by atoms with van der Waals surface area (Å²) in [5, 5.41) is 7.81. The Bertz CT molecular complexity index is 429. The van der Waals surface area contributed by atoms with Crippen molar-refractivity contribution in [3.05, 3.63) is 11.1 Å². The van der Waals surface area contributed by atoms with E-state index in [0.29, 0.717) is 5.57 Å². The van der Waals surface area contributed by atoms with E-state index in [0.717, 1.165) is 0 Å². The quantitative estimate of drug-likeness (QED) is 0.697. The molecule has 0 radical (unpaired) electrons. The molecular weight excluding hydrogens is 220 g/mol. The van der Waals surface area contributed by atoms with Crippen LogP contribution in [-0.4, -0.2) is 29.3 Å². The monoisotopic (exact) mass is 234 g/mol. The van der Waals surface area contributed by atoms with E-state index >= 15 is 0 Å². The predicted octanol–water partition coefficient (Wildman–Crippen LogP) is 1.07. The first kappa shape index (κ1) is 12.2. The zero-order chi connectivity index (χ0) is 12.0. The average molecular weight is 234 g/mol. The molecule has 6 heteroatoms. The summed E-state index contributed by atoms with van der Waals surface area (Å²) in [6, 6.07) is 0. The van der Waals surface area contributed by atoms with Crippen molar-refractivity contribution >= 4 is 16.1 Å². The van der Waals surface area contributed by atoms with Crippen LogP contribution in [0.3, 0.4) is 0 Å². The number of carboxylic acids is 1. The van der Waals surface area contributed by atoms with Crippen LogP contribution in [0.25, 0.3) is 0 Å². The van der Waals surface area contributed by atoms with Crippen molar-refractivity contribution in [1.29, 1.82) is 0 Å². The first-order chi connectivity index (χ1) is 6.58. The fourth-order valence-corrected chi connectivity index (χ4v) is 3.25. The largest absolute Gasteiger partial charge is 0.478 e. The van der Waals surface area contributed by atoms with E-state index < -0.39 is 26.8 Å². The highest BCUT2D eigenvalue weighted by Gasteiger charge is 2.47. The lowest BCUT2D eigenvalue weighted by Crippen LogP contribution is -2.33. The van der Waals surface area contributed by atoms with Crippen molar-refractivity contribution in [3.8, 4) is 0 Å². The molecule has 0 saturated carbocycles. The first-order valence-corrected chi connectivity index (χ1v) is 5.98. The van der Waals surface area contributed by atoms with Crippen LogP contribution in [0.4, 0.5) is 0 Å². The highest BCUT2D eigenvalue weighted by Crippen LogP contribution is 2.45. The maximum Gasteiger partial charge on any atom is 0.331 e. The highest BCUT2D eigenvalue weighted by atomic mass is 32.2. The molecule has 1 rings (SSSR count). The Morgan fingerprint density at radius 2 is 1.93 bits per heavy atom. The maximum absolute atomic E-state index is 11.1. The van der Waals surface area contributed by atoms with Gasteiger partial charge in [-0.05, 0) is 13.3 Å². The van der Waals surface area contributed by atoms with E-state index in [2.05, 4.69) is 0 Å². The van der Waals surface area contributed by atoms with Gasteiger partial charge in [0.2, 0.25) is 0 Å². The van der Waals surface area contributed by atoms with Crippen LogP contribution in [0.1, 0.15) is 27.2 Å². The summed E-state index contributed by atoms with van der Waals surface area (Å²) >= 11 is 0. The van der Waals surface area contributed by atoms with Gasteiger partial charge < -0.3 is 5.11 Å². The highest BCUT2D eigenvalue weighted by molar-refractivity contribution is 7.86. The van der Waals surface area contributed by atoms with Crippen LogP contribution in [0.5, 0.6) is 0 Å². The molecule has 0 spiro atoms. The molecule has 2 N–H and O–H groups in total. The molecule has 1 aliphatic carbocycles. The van der Waals surface area contributed by atoms with Gasteiger partial charge in [0, 0.05) is 11.0 Å². The van der Waals surface area contributed by atoms with Crippen LogP contribution in [0.2, 0.25) is 0 Å². The molecule has 15 heavy (non-hydrogen) atoms. The summed E-state index contributed by atoms with van der Waals surface area (Å²) in [7, 11) is -4.21. The fraction of sp³-hybridized carbons (Fsp3) is 0.667. The van der Waals surface area contributed by atoms with Crippen LogP contribution in [0, 0.1) is 5.41 Å². The molecule has 0 amide bonds. The lowest BCUT2D eigenvalue weighted by Gasteiger charge is -2.26. The van der Waals surface area contributed by atoms with E-state index in [9.17, 15) is 13.2 Å². The van der Waals surface area contributed by atoms with E-state index in [1.165, 1.54) is 0 Å². The number of allylic oxidation sites excluding steroid dienone is 1. The third-order valence-electron chi connectivity index (χ3n) is 3.23. The summed E-state index contributed by atoms with van der Waals surface area (Å²) in [5.41, 5.74) is -0.235. The van der Waals surface area contributed by atoms with Gasteiger partial charge in [0.1, 0.15) is 0 Å². The van der Waals surface area contributed by atoms with E-state index in [1.54, 1.807) is 20.8 Å². The Morgan fingerprint density at radius 3 is 2.13 bits per heavy atom. The first-order valence-electron chi connectivity index (χ1n) is 4.48. The minimum Gasteiger partial charge on any atom is -0.478 e. The fourth-order valence-electron chi connectivity index (χ4n) is 1.95. The standard InChI is InChI=1S/C9H14O5S/c1-5-6(8(10)11)4-7(9(5,2)3)15(12,13)14/h7H,4H2,1-3H3,(H,10,11)(H,12,13,14)/t7-/m0/s1. The molecule has 0 saturated heterocycles. The summed E-state index contributed by atoms with van der Waals surface area (Å²) in [5.74, 6) is -1.12. The van der Waals surface area contributed by atoms with Gasteiger partial charge in [0.15, 0.2) is 0 Å². The Morgan fingerprint density at radius 1 is 1.47 bits per heavy atom. The molecule has 0 aliphatic heterocycles.